The van der Waals surface area contributed by atoms with Crippen LogP contribution in [0.4, 0.5) is 5.69 Å². The van der Waals surface area contributed by atoms with E-state index in [2.05, 4.69) is 99.2 Å². The van der Waals surface area contributed by atoms with Gasteiger partial charge in [0.2, 0.25) is 0 Å². The van der Waals surface area contributed by atoms with Crippen molar-refractivity contribution in [3.05, 3.63) is 81.9 Å². The lowest BCUT2D eigenvalue weighted by Crippen LogP contribution is -2.25. The second kappa shape index (κ2) is 5.34. The molecule has 3 nitrogen and oxygen atoms in total. The van der Waals surface area contributed by atoms with Crippen LogP contribution in [0.15, 0.2) is 72.8 Å². The number of fused-ring (bicyclic) bond motifs is 5. The molecule has 4 heteroatoms. The molecule has 0 aliphatic carbocycles. The van der Waals surface area contributed by atoms with Crippen molar-refractivity contribution < 1.29 is 0 Å². The number of halogens is 1. The van der Waals surface area contributed by atoms with Crippen LogP contribution in [0.3, 0.4) is 0 Å². The molecular formula is C20H14IN3. The third kappa shape index (κ3) is 1.99. The van der Waals surface area contributed by atoms with E-state index in [0.717, 1.165) is 28.1 Å². The van der Waals surface area contributed by atoms with Crippen molar-refractivity contribution in [2.75, 3.05) is 5.32 Å². The minimum absolute atomic E-state index is 0.0374. The van der Waals surface area contributed by atoms with E-state index in [1.807, 2.05) is 6.07 Å². The molecule has 5 rings (SSSR count). The number of hydrogen-bond acceptors (Lipinski definition) is 2. The molecule has 2 heterocycles. The molecule has 1 aromatic heterocycles. The summed E-state index contributed by atoms with van der Waals surface area (Å²) in [6, 6.07) is 25.2. The molecule has 116 valence electrons. The van der Waals surface area contributed by atoms with Crippen LogP contribution in [0, 0.1) is 3.57 Å². The summed E-state index contributed by atoms with van der Waals surface area (Å²) < 4.78 is 3.56. The van der Waals surface area contributed by atoms with Gasteiger partial charge in [0.15, 0.2) is 0 Å². The highest BCUT2D eigenvalue weighted by molar-refractivity contribution is 14.1. The molecule has 0 amide bonds. The average molecular weight is 423 g/mol. The van der Waals surface area contributed by atoms with Gasteiger partial charge in [-0.2, -0.15) is 0 Å². The zero-order valence-electron chi connectivity index (χ0n) is 12.8. The molecule has 1 aliphatic heterocycles. The Kier molecular flexibility index (Phi) is 3.13. The van der Waals surface area contributed by atoms with Crippen LogP contribution in [-0.4, -0.2) is 9.55 Å². The highest BCUT2D eigenvalue weighted by Gasteiger charge is 2.28. The fourth-order valence-corrected chi connectivity index (χ4v) is 4.11. The summed E-state index contributed by atoms with van der Waals surface area (Å²) in [5.74, 6) is 1.02. The number of aromatic nitrogens is 2. The molecule has 0 radical (unpaired) electrons. The summed E-state index contributed by atoms with van der Waals surface area (Å²) in [6.07, 6.45) is 0.0374. The second-order valence-corrected chi connectivity index (χ2v) is 7.07. The van der Waals surface area contributed by atoms with E-state index in [1.54, 1.807) is 0 Å². The zero-order valence-corrected chi connectivity index (χ0v) is 14.9. The Labute approximate surface area is 153 Å². The smallest absolute Gasteiger partial charge is 0.145 e. The maximum atomic E-state index is 4.92. The monoisotopic (exact) mass is 423 g/mol. The third-order valence-electron chi connectivity index (χ3n) is 4.51. The fraction of sp³-hybridized carbons (Fsp3) is 0.0500. The van der Waals surface area contributed by atoms with Gasteiger partial charge in [-0.1, -0.05) is 42.5 Å². The normalized spacial score (nSPS) is 15.6. The molecule has 1 atom stereocenters. The molecule has 0 bridgehead atoms. The van der Waals surface area contributed by atoms with Crippen LogP contribution < -0.4 is 5.32 Å². The molecule has 0 fully saturated rings. The van der Waals surface area contributed by atoms with Crippen LogP contribution in [0.5, 0.6) is 0 Å². The number of anilines is 1. The highest BCUT2D eigenvalue weighted by Crippen LogP contribution is 2.41. The van der Waals surface area contributed by atoms with Crippen LogP contribution in [0.2, 0.25) is 0 Å². The molecule has 0 saturated carbocycles. The topological polar surface area (TPSA) is 29.9 Å². The number of benzene rings is 3. The molecule has 3 aromatic carbocycles. The van der Waals surface area contributed by atoms with Gasteiger partial charge in [0.1, 0.15) is 12.0 Å². The second-order valence-electron chi connectivity index (χ2n) is 5.91. The first-order valence-electron chi connectivity index (χ1n) is 7.90. The van der Waals surface area contributed by atoms with Gasteiger partial charge in [0.05, 0.1) is 11.0 Å². The van der Waals surface area contributed by atoms with Crippen LogP contribution >= 0.6 is 22.6 Å². The van der Waals surface area contributed by atoms with E-state index in [4.69, 9.17) is 4.98 Å². The lowest BCUT2D eigenvalue weighted by atomic mass is 10.1. The van der Waals surface area contributed by atoms with Gasteiger partial charge in [-0.25, -0.2) is 4.98 Å². The molecule has 4 aromatic rings. The summed E-state index contributed by atoms with van der Waals surface area (Å²) in [4.78, 5) is 4.92. The Morgan fingerprint density at radius 3 is 2.54 bits per heavy atom. The van der Waals surface area contributed by atoms with Gasteiger partial charge in [0.25, 0.3) is 0 Å². The predicted molar refractivity (Wildman–Crippen MR) is 106 cm³/mol. The molecule has 0 unspecified atom stereocenters. The quantitative estimate of drug-likeness (QED) is 0.423. The first kappa shape index (κ1) is 14.0. The minimum atomic E-state index is 0.0374. The maximum absolute atomic E-state index is 4.92. The number of hydrogen-bond donors (Lipinski definition) is 1. The molecule has 0 saturated heterocycles. The van der Waals surface area contributed by atoms with E-state index >= 15 is 0 Å². The maximum Gasteiger partial charge on any atom is 0.145 e. The van der Waals surface area contributed by atoms with Crippen molar-refractivity contribution in [1.29, 1.82) is 0 Å². The van der Waals surface area contributed by atoms with Crippen molar-refractivity contribution in [2.24, 2.45) is 0 Å². The lowest BCUT2D eigenvalue weighted by Gasteiger charge is -2.30. The first-order chi connectivity index (χ1) is 11.8. The lowest BCUT2D eigenvalue weighted by molar-refractivity contribution is 0.666. The molecule has 0 spiro atoms. The third-order valence-corrected chi connectivity index (χ3v) is 5.50. The first-order valence-corrected chi connectivity index (χ1v) is 8.98. The number of imidazole rings is 1. The van der Waals surface area contributed by atoms with Crippen LogP contribution in [-0.2, 0) is 0 Å². The number of nitrogens with zero attached hydrogens (tertiary/aromatic N) is 2. The van der Waals surface area contributed by atoms with Gasteiger partial charge in [-0.15, -0.1) is 0 Å². The van der Waals surface area contributed by atoms with E-state index in [-0.39, 0.29) is 6.17 Å². The summed E-state index contributed by atoms with van der Waals surface area (Å²) >= 11 is 2.41. The van der Waals surface area contributed by atoms with Crippen molar-refractivity contribution in [3.63, 3.8) is 0 Å². The Bertz CT molecular complexity index is 1070. The van der Waals surface area contributed by atoms with E-state index in [9.17, 15) is 0 Å². The summed E-state index contributed by atoms with van der Waals surface area (Å²) in [7, 11) is 0. The Hall–Kier alpha value is -2.34. The number of rotatable bonds is 1. The van der Waals surface area contributed by atoms with E-state index in [0.29, 0.717) is 0 Å². The Morgan fingerprint density at radius 2 is 1.62 bits per heavy atom. The predicted octanol–water partition coefficient (Wildman–Crippen LogP) is 5.28. The highest BCUT2D eigenvalue weighted by atomic mass is 127. The van der Waals surface area contributed by atoms with E-state index < -0.39 is 0 Å². The van der Waals surface area contributed by atoms with Gasteiger partial charge in [0, 0.05) is 20.4 Å². The largest absolute Gasteiger partial charge is 0.361 e. The van der Waals surface area contributed by atoms with Gasteiger partial charge >= 0.3 is 0 Å². The molecule has 1 N–H and O–H groups in total. The van der Waals surface area contributed by atoms with Gasteiger partial charge < -0.3 is 5.32 Å². The van der Waals surface area contributed by atoms with E-state index in [1.165, 1.54) is 9.13 Å². The fourth-order valence-electron chi connectivity index (χ4n) is 3.43. The van der Waals surface area contributed by atoms with Crippen molar-refractivity contribution in [2.45, 2.75) is 6.17 Å². The average Bonchev–Trinajstić information content (AvgIpc) is 3.01. The Balaban J connectivity index is 1.86. The van der Waals surface area contributed by atoms with Crippen molar-refractivity contribution in [3.8, 4) is 11.4 Å². The van der Waals surface area contributed by atoms with Gasteiger partial charge in [-0.3, -0.25) is 4.57 Å². The number of para-hydroxylation sites is 3. The van der Waals surface area contributed by atoms with Crippen molar-refractivity contribution >= 4 is 39.3 Å². The number of nitrogens with one attached hydrogen (secondary N) is 1. The summed E-state index contributed by atoms with van der Waals surface area (Å²) in [5, 5.41) is 3.71. The zero-order chi connectivity index (χ0) is 16.1. The molecular weight excluding hydrogens is 409 g/mol. The van der Waals surface area contributed by atoms with Crippen molar-refractivity contribution in [1.82, 2.24) is 9.55 Å². The SMILES string of the molecule is Ic1ccccc1[C@@H]1Nc2ccccc2-c2nc3ccccc3n21. The van der Waals surface area contributed by atoms with Gasteiger partial charge in [-0.05, 0) is 52.9 Å². The minimum Gasteiger partial charge on any atom is -0.361 e. The molecule has 24 heavy (non-hydrogen) atoms. The van der Waals surface area contributed by atoms with Crippen LogP contribution in [0.1, 0.15) is 11.7 Å². The molecule has 1 aliphatic rings. The standard InChI is InChI=1S/C20H14IN3/c21-15-9-3-1-7-13(15)19-22-16-10-4-2-8-14(16)20-23-17-11-5-6-12-18(17)24(19)20/h1-12,19,22H/t19-/m1/s1. The summed E-state index contributed by atoms with van der Waals surface area (Å²) in [6.45, 7) is 0. The Morgan fingerprint density at radius 1 is 0.875 bits per heavy atom. The summed E-state index contributed by atoms with van der Waals surface area (Å²) in [5.41, 5.74) is 5.72. The van der Waals surface area contributed by atoms with Crippen LogP contribution in [0.25, 0.3) is 22.4 Å².